The fourth-order valence-corrected chi connectivity index (χ4v) is 8.96. The van der Waals surface area contributed by atoms with E-state index in [1.54, 1.807) is 0 Å². The van der Waals surface area contributed by atoms with Gasteiger partial charge in [0.25, 0.3) is 0 Å². The van der Waals surface area contributed by atoms with Crippen molar-refractivity contribution in [1.29, 1.82) is 0 Å². The summed E-state index contributed by atoms with van der Waals surface area (Å²) < 4.78 is 6.20. The Hall–Kier alpha value is -6.44. The Morgan fingerprint density at radius 3 is 1.80 bits per heavy atom. The Kier molecular flexibility index (Phi) is 8.11. The van der Waals surface area contributed by atoms with Gasteiger partial charge in [-0.15, -0.1) is 0 Å². The lowest BCUT2D eigenvalue weighted by molar-refractivity contribution is 0.654. The zero-order valence-electron chi connectivity index (χ0n) is 31.3. The van der Waals surface area contributed by atoms with Gasteiger partial charge in [-0.1, -0.05) is 178 Å². The molecule has 0 aliphatic heterocycles. The van der Waals surface area contributed by atoms with Crippen molar-refractivity contribution in [3.63, 3.8) is 0 Å². The molecule has 1 atom stereocenters. The quantitative estimate of drug-likeness (QED) is 0.153. The molecule has 264 valence electrons. The molecule has 0 bridgehead atoms. The molecule has 0 fully saturated rings. The summed E-state index contributed by atoms with van der Waals surface area (Å²) in [6.45, 7) is 4.75. The highest BCUT2D eigenvalue weighted by molar-refractivity contribution is 6.05. The van der Waals surface area contributed by atoms with Crippen LogP contribution in [0, 0.1) is 0 Å². The largest absolute Gasteiger partial charge is 0.456 e. The van der Waals surface area contributed by atoms with Gasteiger partial charge in [0.15, 0.2) is 0 Å². The fourth-order valence-electron chi connectivity index (χ4n) is 8.96. The van der Waals surface area contributed by atoms with Crippen LogP contribution in [-0.2, 0) is 11.8 Å². The summed E-state index contributed by atoms with van der Waals surface area (Å²) in [7, 11) is 0. The first-order valence-electron chi connectivity index (χ1n) is 19.5. The summed E-state index contributed by atoms with van der Waals surface area (Å²) in [6, 6.07) is 69.1. The average Bonchev–Trinajstić information content (AvgIpc) is 3.73. The maximum absolute atomic E-state index is 6.20. The van der Waals surface area contributed by atoms with E-state index in [1.807, 2.05) is 12.1 Å². The van der Waals surface area contributed by atoms with E-state index in [1.165, 1.54) is 72.3 Å². The third-order valence-electron chi connectivity index (χ3n) is 12.0. The Morgan fingerprint density at radius 1 is 0.418 bits per heavy atom. The Balaban J connectivity index is 0.957. The van der Waals surface area contributed by atoms with E-state index < -0.39 is 0 Å². The van der Waals surface area contributed by atoms with Crippen LogP contribution in [0.2, 0.25) is 0 Å². The van der Waals surface area contributed by atoms with E-state index in [0.717, 1.165) is 34.8 Å². The van der Waals surface area contributed by atoms with Gasteiger partial charge in [0.1, 0.15) is 11.2 Å². The molecule has 0 N–H and O–H groups in total. The highest BCUT2D eigenvalue weighted by Gasteiger charge is 2.35. The van der Waals surface area contributed by atoms with Gasteiger partial charge in [-0.2, -0.15) is 0 Å². The molecule has 8 aromatic carbocycles. The molecule has 1 aliphatic carbocycles. The summed E-state index contributed by atoms with van der Waals surface area (Å²) in [5.74, 6) is 0.254. The van der Waals surface area contributed by atoms with E-state index in [2.05, 4.69) is 190 Å². The fraction of sp³-hybridized carbons (Fsp3) is 0.111. The van der Waals surface area contributed by atoms with E-state index in [0.29, 0.717) is 0 Å². The number of benzene rings is 8. The molecule has 1 unspecified atom stereocenters. The van der Waals surface area contributed by atoms with Crippen LogP contribution >= 0.6 is 0 Å². The minimum Gasteiger partial charge on any atom is -0.456 e. The highest BCUT2D eigenvalue weighted by atomic mass is 16.3. The van der Waals surface area contributed by atoms with Gasteiger partial charge in [0.2, 0.25) is 0 Å². The number of hydrogen-bond acceptors (Lipinski definition) is 1. The first-order valence-corrected chi connectivity index (χ1v) is 19.5. The van der Waals surface area contributed by atoms with Crippen LogP contribution in [0.3, 0.4) is 0 Å². The molecule has 0 saturated heterocycles. The summed E-state index contributed by atoms with van der Waals surface area (Å²) in [5, 5.41) is 2.33. The van der Waals surface area contributed by atoms with Crippen molar-refractivity contribution in [2.45, 2.75) is 38.0 Å². The third-order valence-corrected chi connectivity index (χ3v) is 12.0. The van der Waals surface area contributed by atoms with Crippen molar-refractivity contribution in [2.24, 2.45) is 0 Å². The smallest absolute Gasteiger partial charge is 0.136 e. The predicted octanol–water partition coefficient (Wildman–Crippen LogP) is 14.7. The van der Waals surface area contributed by atoms with Gasteiger partial charge in [0.05, 0.1) is 0 Å². The lowest BCUT2D eigenvalue weighted by Crippen LogP contribution is -2.15. The molecule has 9 aromatic rings. The predicted molar refractivity (Wildman–Crippen MR) is 231 cm³/mol. The molecule has 0 amide bonds. The monoisotopic (exact) mass is 706 g/mol. The molecule has 0 radical (unpaired) electrons. The molecule has 55 heavy (non-hydrogen) atoms. The molecule has 10 rings (SSSR count). The number of rotatable bonds is 8. The van der Waals surface area contributed by atoms with Crippen molar-refractivity contribution >= 4 is 21.9 Å². The molecule has 1 nitrogen and oxygen atoms in total. The summed E-state index contributed by atoms with van der Waals surface area (Å²) in [4.78, 5) is 0. The lowest BCUT2D eigenvalue weighted by Gasteiger charge is -2.24. The van der Waals surface area contributed by atoms with Gasteiger partial charge in [-0.3, -0.25) is 0 Å². The number of aryl methyl sites for hydroxylation is 1. The van der Waals surface area contributed by atoms with Gasteiger partial charge in [-0.05, 0) is 109 Å². The van der Waals surface area contributed by atoms with Gasteiger partial charge in [0, 0.05) is 22.1 Å². The SMILES string of the molecule is CC1(C)c2ccccc2-c2ccc(C(CCc3ccc(-c4ccc5c(c4)oc4ccccc45)cc3)c3ccc(-c4cccc(-c5ccccc5)c4)cc3)cc21. The molecule has 0 spiro atoms. The second-order valence-corrected chi connectivity index (χ2v) is 15.6. The van der Waals surface area contributed by atoms with Crippen LogP contribution < -0.4 is 0 Å². The van der Waals surface area contributed by atoms with E-state index >= 15 is 0 Å². The second kappa shape index (κ2) is 13.4. The topological polar surface area (TPSA) is 13.1 Å². The first-order chi connectivity index (χ1) is 27.0. The molecule has 0 saturated carbocycles. The summed E-state index contributed by atoms with van der Waals surface area (Å²) in [6.07, 6.45) is 1.99. The van der Waals surface area contributed by atoms with Gasteiger partial charge < -0.3 is 4.42 Å². The van der Waals surface area contributed by atoms with Gasteiger partial charge in [-0.25, -0.2) is 0 Å². The summed E-state index contributed by atoms with van der Waals surface area (Å²) >= 11 is 0. The lowest BCUT2D eigenvalue weighted by atomic mass is 9.79. The zero-order valence-corrected chi connectivity index (χ0v) is 31.3. The summed E-state index contributed by atoms with van der Waals surface area (Å²) in [5.41, 5.74) is 18.8. The van der Waals surface area contributed by atoms with Crippen LogP contribution in [-0.4, -0.2) is 0 Å². The third kappa shape index (κ3) is 5.97. The van der Waals surface area contributed by atoms with Crippen molar-refractivity contribution in [2.75, 3.05) is 0 Å². The Labute approximate surface area is 323 Å². The molecule has 1 aliphatic rings. The van der Waals surface area contributed by atoms with Crippen LogP contribution in [0.1, 0.15) is 54.0 Å². The first kappa shape index (κ1) is 33.2. The molecular formula is C54H42O. The normalized spacial score (nSPS) is 13.5. The van der Waals surface area contributed by atoms with Gasteiger partial charge >= 0.3 is 0 Å². The minimum absolute atomic E-state index is 0.0403. The Bertz CT molecular complexity index is 2820. The standard InChI is InChI=1S/C54H42O/c1-54(2)50-17-8-6-15-46(50)47-31-29-44(34-51(47)54)45(40-26-24-39(25-27-40)42-14-10-13-41(33-42)37-11-4-3-5-12-37)30-21-36-19-22-38(23-20-36)43-28-32-49-48-16-7-9-18-52(48)55-53(49)35-43/h3-20,22-29,31-35,45H,21,30H2,1-2H3. The van der Waals surface area contributed by atoms with Crippen LogP contribution in [0.15, 0.2) is 192 Å². The van der Waals surface area contributed by atoms with Crippen molar-refractivity contribution in [3.05, 3.63) is 216 Å². The maximum Gasteiger partial charge on any atom is 0.136 e. The number of hydrogen-bond donors (Lipinski definition) is 0. The van der Waals surface area contributed by atoms with E-state index in [4.69, 9.17) is 4.42 Å². The minimum atomic E-state index is -0.0403. The van der Waals surface area contributed by atoms with Crippen molar-refractivity contribution in [3.8, 4) is 44.5 Å². The molecular weight excluding hydrogens is 665 g/mol. The van der Waals surface area contributed by atoms with E-state index in [-0.39, 0.29) is 11.3 Å². The number of fused-ring (bicyclic) bond motifs is 6. The van der Waals surface area contributed by atoms with Crippen molar-refractivity contribution in [1.82, 2.24) is 0 Å². The number of para-hydroxylation sites is 1. The molecule has 1 heteroatoms. The Morgan fingerprint density at radius 2 is 1.00 bits per heavy atom. The zero-order chi connectivity index (χ0) is 36.9. The number of furan rings is 1. The second-order valence-electron chi connectivity index (χ2n) is 15.6. The van der Waals surface area contributed by atoms with Crippen LogP contribution in [0.25, 0.3) is 66.4 Å². The van der Waals surface area contributed by atoms with E-state index in [9.17, 15) is 0 Å². The average molecular weight is 707 g/mol. The van der Waals surface area contributed by atoms with Crippen LogP contribution in [0.5, 0.6) is 0 Å². The molecule has 1 heterocycles. The van der Waals surface area contributed by atoms with Crippen molar-refractivity contribution < 1.29 is 4.42 Å². The maximum atomic E-state index is 6.20. The highest BCUT2D eigenvalue weighted by Crippen LogP contribution is 2.49. The van der Waals surface area contributed by atoms with Crippen LogP contribution in [0.4, 0.5) is 0 Å². The molecule has 1 aromatic heterocycles.